The molecular weight excluding hydrogens is 431 g/mol. The predicted molar refractivity (Wildman–Crippen MR) is 119 cm³/mol. The number of aldehydes is 1. The molecular formula is C22H29FN4O4Si. The molecule has 172 valence electrons. The van der Waals surface area contributed by atoms with Gasteiger partial charge < -0.3 is 23.9 Å². The largest absolute Gasteiger partial charge is 0.406 e. The number of hydrogen-bond donors (Lipinski definition) is 1. The van der Waals surface area contributed by atoms with Crippen molar-refractivity contribution in [2.24, 2.45) is 0 Å². The number of nitrogens with one attached hydrogen (secondary N) is 1. The molecule has 1 aliphatic rings. The summed E-state index contributed by atoms with van der Waals surface area (Å²) in [4.78, 5) is 27.8. The van der Waals surface area contributed by atoms with Crippen LogP contribution in [0, 0.1) is 5.82 Å². The number of amides is 1. The second-order valence-corrected chi connectivity index (χ2v) is 11.2. The van der Waals surface area contributed by atoms with E-state index >= 15 is 0 Å². The van der Waals surface area contributed by atoms with Gasteiger partial charge in [-0.05, 0) is 37.1 Å². The van der Waals surface area contributed by atoms with Crippen molar-refractivity contribution in [1.29, 1.82) is 0 Å². The van der Waals surface area contributed by atoms with Crippen LogP contribution < -0.4 is 10.2 Å². The smallest absolute Gasteiger partial charge is 0.284 e. The van der Waals surface area contributed by atoms with Crippen molar-refractivity contribution in [3.63, 3.8) is 0 Å². The van der Waals surface area contributed by atoms with Gasteiger partial charge in [-0.1, -0.05) is 20.8 Å². The lowest BCUT2D eigenvalue weighted by Crippen LogP contribution is -2.35. The van der Waals surface area contributed by atoms with E-state index in [0.29, 0.717) is 27.7 Å². The lowest BCUT2D eigenvalue weighted by molar-refractivity contribution is -0.131. The quantitative estimate of drug-likeness (QED) is 0.370. The molecule has 1 atom stereocenters. The minimum atomic E-state index is -0.686. The lowest BCUT2D eigenvalue weighted by Gasteiger charge is -2.27. The summed E-state index contributed by atoms with van der Waals surface area (Å²) in [5.41, 5.74) is 1.20. The van der Waals surface area contributed by atoms with Crippen molar-refractivity contribution in [1.82, 2.24) is 14.9 Å². The highest BCUT2D eigenvalue weighted by Crippen LogP contribution is 2.30. The van der Waals surface area contributed by atoms with Crippen LogP contribution >= 0.6 is 0 Å². The van der Waals surface area contributed by atoms with Crippen LogP contribution in [-0.2, 0) is 24.4 Å². The Morgan fingerprint density at radius 2 is 2.12 bits per heavy atom. The second kappa shape index (κ2) is 9.51. The molecule has 10 heteroatoms. The normalized spacial score (nSPS) is 16.9. The average molecular weight is 461 g/mol. The van der Waals surface area contributed by atoms with E-state index in [2.05, 4.69) is 31.1 Å². The third kappa shape index (κ3) is 6.02. The van der Waals surface area contributed by atoms with Crippen LogP contribution in [0.5, 0.6) is 0 Å². The highest BCUT2D eigenvalue weighted by atomic mass is 28.2. The molecule has 0 bridgehead atoms. The van der Waals surface area contributed by atoms with Gasteiger partial charge in [-0.3, -0.25) is 9.59 Å². The molecule has 32 heavy (non-hydrogen) atoms. The van der Waals surface area contributed by atoms with Gasteiger partial charge in [-0.25, -0.2) is 9.37 Å². The maximum atomic E-state index is 15.0. The summed E-state index contributed by atoms with van der Waals surface area (Å²) >= 11 is 0. The van der Waals surface area contributed by atoms with Crippen molar-refractivity contribution in [2.45, 2.75) is 51.4 Å². The molecule has 1 amide bonds. The summed E-state index contributed by atoms with van der Waals surface area (Å²) in [6.07, 6.45) is 3.33. The fourth-order valence-corrected chi connectivity index (χ4v) is 3.77. The monoisotopic (exact) mass is 460 g/mol. The van der Waals surface area contributed by atoms with E-state index in [4.69, 9.17) is 9.16 Å². The van der Waals surface area contributed by atoms with Gasteiger partial charge in [0.25, 0.3) is 5.91 Å². The van der Waals surface area contributed by atoms with E-state index in [1.807, 2.05) is 24.8 Å². The fraction of sp³-hybridized carbons (Fsp3) is 0.500. The van der Waals surface area contributed by atoms with Gasteiger partial charge in [0, 0.05) is 25.0 Å². The van der Waals surface area contributed by atoms with E-state index in [1.165, 1.54) is 6.07 Å². The number of hydrogen-bond acceptors (Lipinski definition) is 6. The molecule has 1 aromatic carbocycles. The summed E-state index contributed by atoms with van der Waals surface area (Å²) in [7, 11) is 0.308. The molecule has 2 aromatic rings. The first kappa shape index (κ1) is 24.1. The second-order valence-electron chi connectivity index (χ2n) is 9.27. The number of imidazole rings is 1. The molecule has 2 radical (unpaired) electrons. The number of nitrogens with zero attached hydrogens (tertiary/aromatic N) is 3. The molecule has 2 heterocycles. The Labute approximate surface area is 190 Å². The van der Waals surface area contributed by atoms with Crippen molar-refractivity contribution in [3.8, 4) is 5.69 Å². The molecule has 8 nitrogen and oxygen atoms in total. The van der Waals surface area contributed by atoms with E-state index in [1.54, 1.807) is 23.2 Å². The van der Waals surface area contributed by atoms with Gasteiger partial charge in [0.1, 0.15) is 12.5 Å². The Morgan fingerprint density at radius 1 is 1.38 bits per heavy atom. The molecule has 0 spiro atoms. The average Bonchev–Trinajstić information content (AvgIpc) is 3.40. The molecule has 1 N–H and O–H groups in total. The number of ether oxygens (including phenoxy) is 1. The van der Waals surface area contributed by atoms with Gasteiger partial charge in [0.2, 0.25) is 16.0 Å². The molecule has 1 unspecified atom stereocenters. The zero-order chi connectivity index (χ0) is 23.5. The van der Waals surface area contributed by atoms with Gasteiger partial charge >= 0.3 is 0 Å². The van der Waals surface area contributed by atoms with Crippen LogP contribution in [0.25, 0.3) is 5.69 Å². The van der Waals surface area contributed by atoms with Crippen LogP contribution in [0.15, 0.2) is 30.7 Å². The van der Waals surface area contributed by atoms with Crippen LogP contribution in [0.2, 0.25) is 5.04 Å². The minimum Gasteiger partial charge on any atom is -0.406 e. The zero-order valence-electron chi connectivity index (χ0n) is 19.0. The van der Waals surface area contributed by atoms with Crippen molar-refractivity contribution < 1.29 is 23.1 Å². The van der Waals surface area contributed by atoms with E-state index < -0.39 is 11.5 Å². The van der Waals surface area contributed by atoms with E-state index in [0.717, 1.165) is 5.69 Å². The van der Waals surface area contributed by atoms with Crippen molar-refractivity contribution in [3.05, 3.63) is 42.2 Å². The Balaban J connectivity index is 1.67. The summed E-state index contributed by atoms with van der Waals surface area (Å²) in [6, 6.07) is 4.96. The molecule has 3 rings (SSSR count). The Bertz CT molecular complexity index is 973. The number of anilines is 1. The Kier molecular flexibility index (Phi) is 7.16. The number of carbonyl (C=O) groups excluding carboxylic acids is 2. The molecule has 1 fully saturated rings. The first-order chi connectivity index (χ1) is 15.0. The Morgan fingerprint density at radius 3 is 2.78 bits per heavy atom. The van der Waals surface area contributed by atoms with Crippen molar-refractivity contribution in [2.75, 3.05) is 24.7 Å². The lowest BCUT2D eigenvalue weighted by atomic mass is 10.1. The number of halogens is 1. The van der Waals surface area contributed by atoms with Crippen LogP contribution in [0.1, 0.15) is 40.3 Å². The van der Waals surface area contributed by atoms with Crippen LogP contribution in [0.4, 0.5) is 10.1 Å². The first-order valence-corrected chi connectivity index (χ1v) is 11.3. The highest BCUT2D eigenvalue weighted by Gasteiger charge is 2.28. The van der Waals surface area contributed by atoms with Gasteiger partial charge in [0.05, 0.1) is 29.4 Å². The van der Waals surface area contributed by atoms with Gasteiger partial charge in [-0.15, -0.1) is 0 Å². The maximum Gasteiger partial charge on any atom is 0.284 e. The van der Waals surface area contributed by atoms with E-state index in [-0.39, 0.29) is 36.5 Å². The van der Waals surface area contributed by atoms with Crippen LogP contribution in [-0.4, -0.2) is 57.4 Å². The Hall–Kier alpha value is -2.56. The highest BCUT2D eigenvalue weighted by molar-refractivity contribution is 6.31. The topological polar surface area (TPSA) is 85.7 Å². The van der Waals surface area contributed by atoms with Crippen molar-refractivity contribution >= 4 is 27.6 Å². The first-order valence-electron chi connectivity index (χ1n) is 10.4. The zero-order valence-corrected chi connectivity index (χ0v) is 20.0. The fourth-order valence-electron chi connectivity index (χ4n) is 3.11. The van der Waals surface area contributed by atoms with Crippen LogP contribution in [0.3, 0.4) is 0 Å². The summed E-state index contributed by atoms with van der Waals surface area (Å²) in [5.74, 6) is -1.07. The predicted octanol–water partition coefficient (Wildman–Crippen LogP) is 2.58. The SMILES string of the molecule is CC(C)(C)[Si]OC(C)(C)c1cn(-c2ccc(N3COC(CNC(=O)C=O)C3)cc2F)cn1. The summed E-state index contributed by atoms with van der Waals surface area (Å²) in [5, 5.41) is 2.52. The third-order valence-corrected chi connectivity index (χ3v) is 6.11. The summed E-state index contributed by atoms with van der Waals surface area (Å²) < 4.78 is 28.3. The van der Waals surface area contributed by atoms with Gasteiger partial charge in [0.15, 0.2) is 0 Å². The molecule has 1 aliphatic heterocycles. The molecule has 0 saturated carbocycles. The maximum absolute atomic E-state index is 15.0. The molecule has 0 aliphatic carbocycles. The van der Waals surface area contributed by atoms with E-state index in [9.17, 15) is 14.0 Å². The number of carbonyl (C=O) groups is 2. The molecule has 1 aromatic heterocycles. The number of rotatable bonds is 8. The number of benzene rings is 1. The standard InChI is InChI=1S/C22H29FN4O4Si/c1-21(2,3)32-31-22(4,5)19-11-26(13-25-19)18-7-6-15(8-17(18)23)27-10-16(30-14-27)9-24-20(29)12-28/h6-8,11-13,16H,9-10,14H2,1-5H3,(H,24,29). The van der Waals surface area contributed by atoms with Gasteiger partial charge in [-0.2, -0.15) is 0 Å². The molecule has 1 saturated heterocycles. The minimum absolute atomic E-state index is 0.0557. The summed E-state index contributed by atoms with van der Waals surface area (Å²) in [6.45, 7) is 11.2. The third-order valence-electron chi connectivity index (χ3n) is 4.89. The number of aromatic nitrogens is 2.